The van der Waals surface area contributed by atoms with E-state index in [0.29, 0.717) is 5.92 Å². The van der Waals surface area contributed by atoms with Crippen molar-refractivity contribution >= 4 is 0 Å². The van der Waals surface area contributed by atoms with Crippen LogP contribution in [0.5, 0.6) is 0 Å². The van der Waals surface area contributed by atoms with E-state index in [9.17, 15) is 0 Å². The summed E-state index contributed by atoms with van der Waals surface area (Å²) in [4.78, 5) is 17.6. The zero-order valence-electron chi connectivity index (χ0n) is 12.0. The van der Waals surface area contributed by atoms with Gasteiger partial charge in [-0.1, -0.05) is 27.7 Å². The molecular formula is C15H20N4. The summed E-state index contributed by atoms with van der Waals surface area (Å²) < 4.78 is 0. The molecule has 0 spiro atoms. The highest BCUT2D eigenvalue weighted by Crippen LogP contribution is 2.23. The second-order valence-electron chi connectivity index (χ2n) is 5.72. The van der Waals surface area contributed by atoms with Gasteiger partial charge >= 0.3 is 0 Å². The van der Waals surface area contributed by atoms with Crippen molar-refractivity contribution < 1.29 is 0 Å². The maximum Gasteiger partial charge on any atom is 0.134 e. The van der Waals surface area contributed by atoms with E-state index < -0.39 is 0 Å². The van der Waals surface area contributed by atoms with E-state index >= 15 is 0 Å². The summed E-state index contributed by atoms with van der Waals surface area (Å²) in [6.07, 6.45) is 8.06. The predicted molar refractivity (Wildman–Crippen MR) is 74.9 cm³/mol. The maximum atomic E-state index is 4.49. The molecule has 0 fully saturated rings. The van der Waals surface area contributed by atoms with E-state index in [4.69, 9.17) is 0 Å². The molecule has 2 aromatic heterocycles. The quantitative estimate of drug-likeness (QED) is 0.844. The zero-order chi connectivity index (χ0) is 13.9. The molecule has 2 aromatic rings. The van der Waals surface area contributed by atoms with Gasteiger partial charge in [-0.05, 0) is 12.0 Å². The summed E-state index contributed by atoms with van der Waals surface area (Å²) in [6.45, 7) is 8.48. The molecule has 0 amide bonds. The van der Waals surface area contributed by atoms with Crippen molar-refractivity contribution in [2.75, 3.05) is 0 Å². The fraction of sp³-hybridized carbons (Fsp3) is 0.467. The van der Waals surface area contributed by atoms with Crippen molar-refractivity contribution in [1.29, 1.82) is 0 Å². The molecule has 100 valence electrons. The third-order valence-corrected chi connectivity index (χ3v) is 3.11. The highest BCUT2D eigenvalue weighted by molar-refractivity contribution is 5.13. The SMILES string of the molecule is CC(C)c1cnc(CC(C)(C)c2ncccn2)cn1. The zero-order valence-corrected chi connectivity index (χ0v) is 12.0. The number of rotatable bonds is 4. The Morgan fingerprint density at radius 3 is 2.21 bits per heavy atom. The van der Waals surface area contributed by atoms with Crippen molar-refractivity contribution in [2.45, 2.75) is 45.4 Å². The van der Waals surface area contributed by atoms with Crippen LogP contribution in [0, 0.1) is 0 Å². The lowest BCUT2D eigenvalue weighted by Crippen LogP contribution is -2.24. The largest absolute Gasteiger partial charge is 0.258 e. The van der Waals surface area contributed by atoms with Gasteiger partial charge in [-0.2, -0.15) is 0 Å². The maximum absolute atomic E-state index is 4.49. The minimum absolute atomic E-state index is 0.144. The van der Waals surface area contributed by atoms with Gasteiger partial charge in [0.2, 0.25) is 0 Å². The van der Waals surface area contributed by atoms with Crippen LogP contribution in [-0.2, 0) is 11.8 Å². The second kappa shape index (κ2) is 5.43. The molecule has 19 heavy (non-hydrogen) atoms. The summed E-state index contributed by atoms with van der Waals surface area (Å²) >= 11 is 0. The lowest BCUT2D eigenvalue weighted by molar-refractivity contribution is 0.479. The summed E-state index contributed by atoms with van der Waals surface area (Å²) in [6, 6.07) is 1.83. The van der Waals surface area contributed by atoms with Crippen molar-refractivity contribution in [3.8, 4) is 0 Å². The van der Waals surface area contributed by atoms with Crippen LogP contribution >= 0.6 is 0 Å². The minimum atomic E-state index is -0.144. The molecular weight excluding hydrogens is 236 g/mol. The van der Waals surface area contributed by atoms with Crippen LogP contribution in [0.4, 0.5) is 0 Å². The van der Waals surface area contributed by atoms with Gasteiger partial charge in [-0.25, -0.2) is 9.97 Å². The van der Waals surface area contributed by atoms with Crippen LogP contribution in [0.1, 0.15) is 50.8 Å². The molecule has 4 heteroatoms. The normalized spacial score (nSPS) is 11.8. The number of aromatic nitrogens is 4. The van der Waals surface area contributed by atoms with Crippen LogP contribution in [0.25, 0.3) is 0 Å². The van der Waals surface area contributed by atoms with Gasteiger partial charge in [0.25, 0.3) is 0 Å². The van der Waals surface area contributed by atoms with Gasteiger partial charge in [0.1, 0.15) is 5.82 Å². The molecule has 0 atom stereocenters. The summed E-state index contributed by atoms with van der Waals surface area (Å²) in [5.41, 5.74) is 1.86. The van der Waals surface area contributed by atoms with Gasteiger partial charge in [0, 0.05) is 36.6 Å². The Morgan fingerprint density at radius 2 is 1.68 bits per heavy atom. The monoisotopic (exact) mass is 256 g/mol. The molecule has 0 N–H and O–H groups in total. The molecule has 0 bridgehead atoms. The minimum Gasteiger partial charge on any atom is -0.258 e. The molecule has 2 rings (SSSR count). The fourth-order valence-electron chi connectivity index (χ4n) is 1.93. The first-order chi connectivity index (χ1) is 8.99. The van der Waals surface area contributed by atoms with Crippen LogP contribution in [0.2, 0.25) is 0 Å². The van der Waals surface area contributed by atoms with Crippen LogP contribution < -0.4 is 0 Å². The van der Waals surface area contributed by atoms with Gasteiger partial charge in [-0.15, -0.1) is 0 Å². The first-order valence-electron chi connectivity index (χ1n) is 6.57. The first kappa shape index (κ1) is 13.6. The lowest BCUT2D eigenvalue weighted by atomic mass is 9.87. The third kappa shape index (κ3) is 3.34. The van der Waals surface area contributed by atoms with E-state index in [0.717, 1.165) is 23.6 Å². The highest BCUT2D eigenvalue weighted by atomic mass is 14.9. The average molecular weight is 256 g/mol. The Labute approximate surface area is 114 Å². The van der Waals surface area contributed by atoms with Gasteiger partial charge < -0.3 is 0 Å². The van der Waals surface area contributed by atoms with Crippen molar-refractivity contribution in [1.82, 2.24) is 19.9 Å². The van der Waals surface area contributed by atoms with Crippen molar-refractivity contribution in [3.05, 3.63) is 48.1 Å². The molecule has 0 aliphatic carbocycles. The van der Waals surface area contributed by atoms with Crippen LogP contribution in [-0.4, -0.2) is 19.9 Å². The molecule has 0 saturated heterocycles. The summed E-state index contributed by atoms with van der Waals surface area (Å²) in [5.74, 6) is 1.25. The molecule has 0 radical (unpaired) electrons. The predicted octanol–water partition coefficient (Wildman–Crippen LogP) is 2.91. The van der Waals surface area contributed by atoms with Gasteiger partial charge in [0.05, 0.1) is 11.4 Å². The topological polar surface area (TPSA) is 51.6 Å². The van der Waals surface area contributed by atoms with Crippen molar-refractivity contribution in [2.24, 2.45) is 0 Å². The fourth-order valence-corrected chi connectivity index (χ4v) is 1.93. The van der Waals surface area contributed by atoms with Crippen molar-refractivity contribution in [3.63, 3.8) is 0 Å². The Balaban J connectivity index is 2.16. The average Bonchev–Trinajstić information content (AvgIpc) is 2.40. The molecule has 0 unspecified atom stereocenters. The summed E-state index contributed by atoms with van der Waals surface area (Å²) in [7, 11) is 0. The molecule has 0 aliphatic heterocycles. The first-order valence-corrected chi connectivity index (χ1v) is 6.57. The standard InChI is InChI=1S/C15H20N4/c1-11(2)13-10-18-12(9-19-13)8-15(3,4)14-16-6-5-7-17-14/h5-7,9-11H,8H2,1-4H3. The molecule has 0 saturated carbocycles. The van der Waals surface area contributed by atoms with Gasteiger partial charge in [-0.3, -0.25) is 9.97 Å². The Morgan fingerprint density at radius 1 is 1.00 bits per heavy atom. The third-order valence-electron chi connectivity index (χ3n) is 3.11. The molecule has 4 nitrogen and oxygen atoms in total. The van der Waals surface area contributed by atoms with Crippen LogP contribution in [0.3, 0.4) is 0 Å². The van der Waals surface area contributed by atoms with E-state index in [1.54, 1.807) is 12.4 Å². The van der Waals surface area contributed by atoms with Gasteiger partial charge in [0.15, 0.2) is 0 Å². The number of hydrogen-bond donors (Lipinski definition) is 0. The van der Waals surface area contributed by atoms with E-state index in [2.05, 4.69) is 47.6 Å². The smallest absolute Gasteiger partial charge is 0.134 e. The molecule has 2 heterocycles. The highest BCUT2D eigenvalue weighted by Gasteiger charge is 2.24. The summed E-state index contributed by atoms with van der Waals surface area (Å²) in [5, 5.41) is 0. The number of nitrogens with zero attached hydrogens (tertiary/aromatic N) is 4. The second-order valence-corrected chi connectivity index (χ2v) is 5.72. The molecule has 0 aromatic carbocycles. The molecule has 0 aliphatic rings. The van der Waals surface area contributed by atoms with E-state index in [-0.39, 0.29) is 5.41 Å². The Bertz CT molecular complexity index is 518. The van der Waals surface area contributed by atoms with Crippen LogP contribution in [0.15, 0.2) is 30.9 Å². The van der Waals surface area contributed by atoms with E-state index in [1.807, 2.05) is 18.5 Å². The Hall–Kier alpha value is -1.84. The Kier molecular flexibility index (Phi) is 3.88. The lowest BCUT2D eigenvalue weighted by Gasteiger charge is -2.22. The number of hydrogen-bond acceptors (Lipinski definition) is 4. The van der Waals surface area contributed by atoms with E-state index in [1.165, 1.54) is 0 Å².